The molecule has 1 heteroatoms. The van der Waals surface area contributed by atoms with Crippen LogP contribution in [-0.2, 0) is 0 Å². The molecule has 1 atom stereocenters. The van der Waals surface area contributed by atoms with Crippen LogP contribution < -0.4 is 0 Å². The Morgan fingerprint density at radius 2 is 2.00 bits per heavy atom. The van der Waals surface area contributed by atoms with Gasteiger partial charge in [0.25, 0.3) is 0 Å². The fourth-order valence-electron chi connectivity index (χ4n) is 0.849. The Hall–Kier alpha value is -0.300. The van der Waals surface area contributed by atoms with E-state index in [1.165, 1.54) is 5.57 Å². The molecule has 0 aliphatic carbocycles. The molecule has 1 nitrogen and oxygen atoms in total. The van der Waals surface area contributed by atoms with Gasteiger partial charge < -0.3 is 5.11 Å². The second-order valence-electron chi connectivity index (χ2n) is 3.67. The fraction of sp³-hybridized carbons (Fsp3) is 0.800. The minimum atomic E-state index is -0.466. The molecule has 0 aliphatic rings. The molecule has 0 saturated heterocycles. The summed E-state index contributed by atoms with van der Waals surface area (Å²) < 4.78 is 0. The topological polar surface area (TPSA) is 20.2 Å². The van der Waals surface area contributed by atoms with E-state index < -0.39 is 5.60 Å². The molecular weight excluding hydrogens is 136 g/mol. The highest BCUT2D eigenvalue weighted by Gasteiger charge is 2.15. The lowest BCUT2D eigenvalue weighted by atomic mass is 9.97. The molecule has 0 heterocycles. The second-order valence-corrected chi connectivity index (χ2v) is 3.67. The highest BCUT2D eigenvalue weighted by Crippen LogP contribution is 2.16. The van der Waals surface area contributed by atoms with Crippen molar-refractivity contribution in [3.05, 3.63) is 11.6 Å². The van der Waals surface area contributed by atoms with E-state index in [0.717, 1.165) is 19.3 Å². The largest absolute Gasteiger partial charge is 0.390 e. The van der Waals surface area contributed by atoms with Gasteiger partial charge in [-0.25, -0.2) is 0 Å². The minimum Gasteiger partial charge on any atom is -0.390 e. The normalized spacial score (nSPS) is 15.7. The van der Waals surface area contributed by atoms with Gasteiger partial charge in [-0.1, -0.05) is 18.6 Å². The van der Waals surface area contributed by atoms with Crippen molar-refractivity contribution in [3.8, 4) is 0 Å². The summed E-state index contributed by atoms with van der Waals surface area (Å²) in [5.41, 5.74) is 0.864. The molecule has 0 aromatic rings. The molecule has 0 unspecified atom stereocenters. The third kappa shape index (κ3) is 6.11. The summed E-state index contributed by atoms with van der Waals surface area (Å²) in [5.74, 6) is 0. The molecule has 0 saturated carbocycles. The van der Waals surface area contributed by atoms with Crippen molar-refractivity contribution in [1.82, 2.24) is 0 Å². The highest BCUT2D eigenvalue weighted by atomic mass is 16.3. The molecule has 0 radical (unpaired) electrons. The van der Waals surface area contributed by atoms with Crippen molar-refractivity contribution in [2.24, 2.45) is 0 Å². The number of hydrogen-bond donors (Lipinski definition) is 1. The maximum absolute atomic E-state index is 9.61. The number of hydrogen-bond acceptors (Lipinski definition) is 1. The van der Waals surface area contributed by atoms with Gasteiger partial charge in [-0.05, 0) is 40.0 Å². The zero-order chi connectivity index (χ0) is 8.91. The number of aliphatic hydroxyl groups is 1. The van der Waals surface area contributed by atoms with Crippen LogP contribution in [0.2, 0.25) is 0 Å². The zero-order valence-electron chi connectivity index (χ0n) is 8.15. The van der Waals surface area contributed by atoms with Gasteiger partial charge in [0.2, 0.25) is 0 Å². The van der Waals surface area contributed by atoms with Crippen molar-refractivity contribution >= 4 is 0 Å². The lowest BCUT2D eigenvalue weighted by Crippen LogP contribution is -2.21. The molecule has 0 aromatic heterocycles. The van der Waals surface area contributed by atoms with E-state index >= 15 is 0 Å². The standard InChI is InChI=1S/C10H20O/c1-5-10(4,11)8-6-7-9(2)3/h7,11H,5-6,8H2,1-4H3/t10-/m0/s1. The molecule has 0 aromatic carbocycles. The first-order valence-corrected chi connectivity index (χ1v) is 4.33. The van der Waals surface area contributed by atoms with Gasteiger partial charge in [-0.3, -0.25) is 0 Å². The van der Waals surface area contributed by atoms with Crippen LogP contribution in [0.4, 0.5) is 0 Å². The van der Waals surface area contributed by atoms with E-state index in [1.54, 1.807) is 0 Å². The van der Waals surface area contributed by atoms with Gasteiger partial charge in [-0.15, -0.1) is 0 Å². The van der Waals surface area contributed by atoms with Gasteiger partial charge in [0.1, 0.15) is 0 Å². The van der Waals surface area contributed by atoms with E-state index in [2.05, 4.69) is 19.9 Å². The van der Waals surface area contributed by atoms with Crippen molar-refractivity contribution in [1.29, 1.82) is 0 Å². The zero-order valence-corrected chi connectivity index (χ0v) is 8.15. The van der Waals surface area contributed by atoms with Crippen LogP contribution in [0.1, 0.15) is 47.0 Å². The van der Waals surface area contributed by atoms with Gasteiger partial charge in [-0.2, -0.15) is 0 Å². The molecule has 0 spiro atoms. The molecule has 66 valence electrons. The Morgan fingerprint density at radius 1 is 1.45 bits per heavy atom. The summed E-state index contributed by atoms with van der Waals surface area (Å²) in [5, 5.41) is 9.61. The Labute approximate surface area is 70.1 Å². The highest BCUT2D eigenvalue weighted by molar-refractivity contribution is 4.93. The first-order valence-electron chi connectivity index (χ1n) is 4.33. The third-order valence-corrected chi connectivity index (χ3v) is 2.00. The molecule has 1 N–H and O–H groups in total. The van der Waals surface area contributed by atoms with E-state index in [9.17, 15) is 5.11 Å². The summed E-state index contributed by atoms with van der Waals surface area (Å²) in [6.07, 6.45) is 4.87. The van der Waals surface area contributed by atoms with Crippen molar-refractivity contribution < 1.29 is 5.11 Å². The summed E-state index contributed by atoms with van der Waals surface area (Å²) in [4.78, 5) is 0. The summed E-state index contributed by atoms with van der Waals surface area (Å²) in [6, 6.07) is 0. The van der Waals surface area contributed by atoms with Crippen LogP contribution in [0.15, 0.2) is 11.6 Å². The first kappa shape index (κ1) is 10.7. The van der Waals surface area contributed by atoms with Crippen molar-refractivity contribution in [3.63, 3.8) is 0 Å². The third-order valence-electron chi connectivity index (χ3n) is 2.00. The lowest BCUT2D eigenvalue weighted by Gasteiger charge is -2.19. The predicted octanol–water partition coefficient (Wildman–Crippen LogP) is 2.89. The smallest absolute Gasteiger partial charge is 0.0620 e. The summed E-state index contributed by atoms with van der Waals surface area (Å²) in [7, 11) is 0. The number of rotatable bonds is 4. The monoisotopic (exact) mass is 156 g/mol. The minimum absolute atomic E-state index is 0.466. The van der Waals surface area contributed by atoms with Crippen LogP contribution in [-0.4, -0.2) is 10.7 Å². The molecule has 0 fully saturated rings. The van der Waals surface area contributed by atoms with Crippen LogP contribution in [0.25, 0.3) is 0 Å². The maximum atomic E-state index is 9.61. The Morgan fingerprint density at radius 3 is 2.36 bits per heavy atom. The average Bonchev–Trinajstić information content (AvgIpc) is 1.87. The maximum Gasteiger partial charge on any atom is 0.0620 e. The van der Waals surface area contributed by atoms with E-state index in [4.69, 9.17) is 0 Å². The fourth-order valence-corrected chi connectivity index (χ4v) is 0.849. The van der Waals surface area contributed by atoms with Crippen molar-refractivity contribution in [2.75, 3.05) is 0 Å². The van der Waals surface area contributed by atoms with Crippen LogP contribution in [0, 0.1) is 0 Å². The molecule has 11 heavy (non-hydrogen) atoms. The van der Waals surface area contributed by atoms with Gasteiger partial charge in [0, 0.05) is 0 Å². The Bertz CT molecular complexity index is 130. The molecule has 0 amide bonds. The van der Waals surface area contributed by atoms with Crippen LogP contribution in [0.5, 0.6) is 0 Å². The van der Waals surface area contributed by atoms with E-state index in [0.29, 0.717) is 0 Å². The van der Waals surface area contributed by atoms with E-state index in [1.807, 2.05) is 13.8 Å². The molecule has 0 bridgehead atoms. The Kier molecular flexibility index (Phi) is 4.43. The summed E-state index contributed by atoms with van der Waals surface area (Å²) >= 11 is 0. The average molecular weight is 156 g/mol. The van der Waals surface area contributed by atoms with Gasteiger partial charge in [0.15, 0.2) is 0 Å². The van der Waals surface area contributed by atoms with Crippen LogP contribution in [0.3, 0.4) is 0 Å². The lowest BCUT2D eigenvalue weighted by molar-refractivity contribution is 0.0480. The second kappa shape index (κ2) is 4.55. The quantitative estimate of drug-likeness (QED) is 0.620. The number of allylic oxidation sites excluding steroid dienone is 2. The van der Waals surface area contributed by atoms with Gasteiger partial charge >= 0.3 is 0 Å². The molecule has 0 aliphatic heterocycles. The SMILES string of the molecule is CC[C@](C)(O)CCC=C(C)C. The predicted molar refractivity (Wildman–Crippen MR) is 49.6 cm³/mol. The van der Waals surface area contributed by atoms with Gasteiger partial charge in [0.05, 0.1) is 5.60 Å². The molecule has 0 rings (SSSR count). The van der Waals surface area contributed by atoms with Crippen LogP contribution >= 0.6 is 0 Å². The first-order chi connectivity index (χ1) is 4.98. The molecular formula is C10H20O. The Balaban J connectivity index is 3.62. The summed E-state index contributed by atoms with van der Waals surface area (Å²) in [6.45, 7) is 8.08. The van der Waals surface area contributed by atoms with E-state index in [-0.39, 0.29) is 0 Å². The van der Waals surface area contributed by atoms with Crippen molar-refractivity contribution in [2.45, 2.75) is 52.6 Å².